The first-order valence-electron chi connectivity index (χ1n) is 4.48. The van der Waals surface area contributed by atoms with E-state index in [1.807, 2.05) is 20.8 Å². The molecule has 0 heterocycles. The average molecular weight is 224 g/mol. The number of carboxylic acids is 1. The molecule has 0 spiro atoms. The standard InChI is InChI=1S/C9H20O4S/c1-9(2,3)7(8(10)11)5-6-14(4,12)13/h7,12-13H,5-6H2,1-4H3,(H,10,11). The molecular weight excluding hydrogens is 204 g/mol. The van der Waals surface area contributed by atoms with Crippen LogP contribution in [0.1, 0.15) is 27.2 Å². The molecule has 0 amide bonds. The van der Waals surface area contributed by atoms with Crippen molar-refractivity contribution >= 4 is 16.6 Å². The summed E-state index contributed by atoms with van der Waals surface area (Å²) >= 11 is 0. The lowest BCUT2D eigenvalue weighted by atomic mass is 9.79. The van der Waals surface area contributed by atoms with Crippen molar-refractivity contribution in [1.29, 1.82) is 0 Å². The minimum absolute atomic E-state index is 0.154. The van der Waals surface area contributed by atoms with Crippen LogP contribution in [0.15, 0.2) is 0 Å². The molecule has 0 aliphatic carbocycles. The van der Waals surface area contributed by atoms with Gasteiger partial charge >= 0.3 is 5.97 Å². The van der Waals surface area contributed by atoms with Crippen LogP contribution in [0.4, 0.5) is 0 Å². The van der Waals surface area contributed by atoms with Gasteiger partial charge in [-0.25, -0.2) is 0 Å². The van der Waals surface area contributed by atoms with Gasteiger partial charge in [0.15, 0.2) is 0 Å². The number of aliphatic carboxylic acids is 1. The molecule has 0 aromatic carbocycles. The molecule has 0 fully saturated rings. The van der Waals surface area contributed by atoms with E-state index in [9.17, 15) is 4.79 Å². The first kappa shape index (κ1) is 13.7. The molecule has 14 heavy (non-hydrogen) atoms. The summed E-state index contributed by atoms with van der Waals surface area (Å²) in [6.07, 6.45) is 1.65. The molecule has 3 N–H and O–H groups in total. The molecule has 0 aromatic rings. The van der Waals surface area contributed by atoms with E-state index >= 15 is 0 Å². The first-order chi connectivity index (χ1) is 6.04. The normalized spacial score (nSPS) is 16.4. The zero-order valence-electron chi connectivity index (χ0n) is 9.15. The second-order valence-corrected chi connectivity index (χ2v) is 7.14. The van der Waals surface area contributed by atoms with Crippen molar-refractivity contribution in [3.8, 4) is 0 Å². The Bertz CT molecular complexity index is 202. The molecule has 4 nitrogen and oxygen atoms in total. The second kappa shape index (κ2) is 4.51. The van der Waals surface area contributed by atoms with E-state index in [2.05, 4.69) is 0 Å². The minimum Gasteiger partial charge on any atom is -0.481 e. The fourth-order valence-corrected chi connectivity index (χ4v) is 1.95. The molecule has 86 valence electrons. The Morgan fingerprint density at radius 2 is 1.79 bits per heavy atom. The smallest absolute Gasteiger partial charge is 0.307 e. The molecule has 0 saturated carbocycles. The van der Waals surface area contributed by atoms with E-state index in [-0.39, 0.29) is 11.2 Å². The topological polar surface area (TPSA) is 77.8 Å². The quantitative estimate of drug-likeness (QED) is 0.685. The molecule has 0 saturated heterocycles. The molecule has 1 atom stereocenters. The van der Waals surface area contributed by atoms with Crippen LogP contribution in [-0.2, 0) is 4.79 Å². The van der Waals surface area contributed by atoms with Gasteiger partial charge in [-0.05, 0) is 11.8 Å². The van der Waals surface area contributed by atoms with E-state index in [1.165, 1.54) is 6.26 Å². The maximum Gasteiger partial charge on any atom is 0.307 e. The Morgan fingerprint density at radius 3 is 2.00 bits per heavy atom. The molecule has 0 bridgehead atoms. The zero-order chi connectivity index (χ0) is 11.6. The molecule has 0 aliphatic heterocycles. The van der Waals surface area contributed by atoms with E-state index in [0.717, 1.165) is 0 Å². The molecule has 0 rings (SSSR count). The maximum absolute atomic E-state index is 10.9. The van der Waals surface area contributed by atoms with Crippen LogP contribution in [0, 0.1) is 11.3 Å². The maximum atomic E-state index is 10.9. The number of hydrogen-bond acceptors (Lipinski definition) is 3. The highest BCUT2D eigenvalue weighted by atomic mass is 32.3. The van der Waals surface area contributed by atoms with E-state index in [0.29, 0.717) is 6.42 Å². The number of rotatable bonds is 4. The van der Waals surface area contributed by atoms with Crippen molar-refractivity contribution in [2.75, 3.05) is 12.0 Å². The minimum atomic E-state index is -2.58. The Hall–Kier alpha value is -0.260. The van der Waals surface area contributed by atoms with Crippen molar-refractivity contribution < 1.29 is 19.0 Å². The fraction of sp³-hybridized carbons (Fsp3) is 0.889. The Balaban J connectivity index is 4.35. The average Bonchev–Trinajstić information content (AvgIpc) is 1.79. The number of hydrogen-bond donors (Lipinski definition) is 3. The Morgan fingerprint density at radius 1 is 1.36 bits per heavy atom. The van der Waals surface area contributed by atoms with Gasteiger partial charge in [-0.1, -0.05) is 20.8 Å². The van der Waals surface area contributed by atoms with Gasteiger partial charge in [0.1, 0.15) is 0 Å². The lowest BCUT2D eigenvalue weighted by Gasteiger charge is -2.32. The molecule has 1 unspecified atom stereocenters. The van der Waals surface area contributed by atoms with Gasteiger partial charge in [-0.15, -0.1) is 0 Å². The van der Waals surface area contributed by atoms with Crippen molar-refractivity contribution in [3.63, 3.8) is 0 Å². The summed E-state index contributed by atoms with van der Waals surface area (Å²) in [7, 11) is -2.58. The van der Waals surface area contributed by atoms with Crippen LogP contribution in [0.25, 0.3) is 0 Å². The molecule has 5 heteroatoms. The SMILES string of the molecule is CC(C)(C)C(CCS(C)(O)O)C(=O)O. The summed E-state index contributed by atoms with van der Waals surface area (Å²) in [6, 6.07) is 0. The third-order valence-corrected chi connectivity index (χ3v) is 3.15. The lowest BCUT2D eigenvalue weighted by molar-refractivity contribution is -0.145. The van der Waals surface area contributed by atoms with Gasteiger partial charge in [0, 0.05) is 12.0 Å². The van der Waals surface area contributed by atoms with Crippen molar-refractivity contribution in [2.24, 2.45) is 11.3 Å². The van der Waals surface area contributed by atoms with Gasteiger partial charge < -0.3 is 5.11 Å². The first-order valence-corrected chi connectivity index (χ1v) is 6.60. The molecular formula is C9H20O4S. The summed E-state index contributed by atoms with van der Waals surface area (Å²) < 4.78 is 18.3. The predicted molar refractivity (Wildman–Crippen MR) is 58.8 cm³/mol. The summed E-state index contributed by atoms with van der Waals surface area (Å²) in [6.45, 7) is 5.52. The largest absolute Gasteiger partial charge is 0.481 e. The van der Waals surface area contributed by atoms with Crippen LogP contribution in [0.3, 0.4) is 0 Å². The highest BCUT2D eigenvalue weighted by molar-refractivity contribution is 8.23. The van der Waals surface area contributed by atoms with Gasteiger partial charge in [0.05, 0.1) is 5.92 Å². The number of carboxylic acid groups (broad SMARTS) is 1. The summed E-state index contributed by atoms with van der Waals surface area (Å²) in [5.74, 6) is -1.25. The van der Waals surface area contributed by atoms with Crippen LogP contribution in [0.2, 0.25) is 0 Å². The van der Waals surface area contributed by atoms with E-state index in [1.54, 1.807) is 0 Å². The second-order valence-electron chi connectivity index (χ2n) is 4.74. The van der Waals surface area contributed by atoms with Gasteiger partial charge in [0.2, 0.25) is 0 Å². The van der Waals surface area contributed by atoms with Crippen molar-refractivity contribution in [1.82, 2.24) is 0 Å². The Kier molecular flexibility index (Phi) is 4.42. The molecule has 0 aromatic heterocycles. The lowest BCUT2D eigenvalue weighted by Crippen LogP contribution is -2.29. The van der Waals surface area contributed by atoms with Crippen LogP contribution >= 0.6 is 10.6 Å². The van der Waals surface area contributed by atoms with Gasteiger partial charge in [0.25, 0.3) is 0 Å². The molecule has 0 radical (unpaired) electrons. The van der Waals surface area contributed by atoms with Crippen LogP contribution in [-0.4, -0.2) is 32.2 Å². The highest BCUT2D eigenvalue weighted by Crippen LogP contribution is 2.38. The van der Waals surface area contributed by atoms with E-state index in [4.69, 9.17) is 14.2 Å². The fourth-order valence-electron chi connectivity index (χ4n) is 1.27. The monoisotopic (exact) mass is 224 g/mol. The third-order valence-electron chi connectivity index (χ3n) is 2.14. The van der Waals surface area contributed by atoms with Gasteiger partial charge in [-0.3, -0.25) is 13.9 Å². The van der Waals surface area contributed by atoms with Crippen molar-refractivity contribution in [2.45, 2.75) is 27.2 Å². The summed E-state index contributed by atoms with van der Waals surface area (Å²) in [4.78, 5) is 10.9. The summed E-state index contributed by atoms with van der Waals surface area (Å²) in [5.41, 5.74) is -0.351. The third kappa shape index (κ3) is 5.47. The zero-order valence-corrected chi connectivity index (χ0v) is 9.97. The predicted octanol–water partition coefficient (Wildman–Crippen LogP) is 2.50. The molecule has 0 aliphatic rings. The van der Waals surface area contributed by atoms with E-state index < -0.39 is 22.5 Å². The van der Waals surface area contributed by atoms with Crippen molar-refractivity contribution in [3.05, 3.63) is 0 Å². The van der Waals surface area contributed by atoms with Crippen LogP contribution < -0.4 is 0 Å². The highest BCUT2D eigenvalue weighted by Gasteiger charge is 2.31. The van der Waals surface area contributed by atoms with Crippen LogP contribution in [0.5, 0.6) is 0 Å². The van der Waals surface area contributed by atoms with Gasteiger partial charge in [-0.2, -0.15) is 10.6 Å². The summed E-state index contributed by atoms with van der Waals surface area (Å²) in [5, 5.41) is 8.95. The Labute approximate surface area is 86.7 Å². The number of carbonyl (C=O) groups is 1.